The number of hydrogen-bond donors (Lipinski definition) is 1. The highest BCUT2D eigenvalue weighted by atomic mass is 32.2. The van der Waals surface area contributed by atoms with Crippen molar-refractivity contribution in [2.24, 2.45) is 17.3 Å². The average molecular weight is 428 g/mol. The van der Waals surface area contributed by atoms with E-state index < -0.39 is 23.3 Å². The third kappa shape index (κ3) is 4.17. The molecule has 4 aliphatic carbocycles. The molecule has 5 rings (SSSR count). The van der Waals surface area contributed by atoms with E-state index in [4.69, 9.17) is 9.99 Å². The first-order chi connectivity index (χ1) is 13.8. The predicted molar refractivity (Wildman–Crippen MR) is 103 cm³/mol. The molecule has 1 N–H and O–H groups in total. The van der Waals surface area contributed by atoms with Gasteiger partial charge in [-0.2, -0.15) is 8.78 Å². The predicted octanol–water partition coefficient (Wildman–Crippen LogP) is 5.43. The third-order valence-corrected chi connectivity index (χ3v) is 7.62. The van der Waals surface area contributed by atoms with Gasteiger partial charge in [0.05, 0.1) is 6.61 Å². The number of esters is 1. The summed E-state index contributed by atoms with van der Waals surface area (Å²) < 4.78 is 35.7. The van der Waals surface area contributed by atoms with Gasteiger partial charge in [-0.1, -0.05) is 34.9 Å². The quantitative estimate of drug-likeness (QED) is 0.258. The topological polar surface area (TPSA) is 65.0 Å². The van der Waals surface area contributed by atoms with Crippen LogP contribution in [0, 0.1) is 24.2 Å². The van der Waals surface area contributed by atoms with E-state index in [-0.39, 0.29) is 17.4 Å². The van der Waals surface area contributed by atoms with Crippen molar-refractivity contribution in [3.8, 4) is 0 Å². The molecule has 160 valence electrons. The first kappa shape index (κ1) is 21.0. The summed E-state index contributed by atoms with van der Waals surface area (Å²) in [6.45, 7) is 2.05. The van der Waals surface area contributed by atoms with Crippen LogP contribution in [-0.2, 0) is 24.3 Å². The molecular weight excluding hydrogens is 402 g/mol. The van der Waals surface area contributed by atoms with Crippen LogP contribution in [0.1, 0.15) is 56.1 Å². The maximum atomic E-state index is 13.6. The second kappa shape index (κ2) is 7.80. The summed E-state index contributed by atoms with van der Waals surface area (Å²) in [6, 6.07) is 8.83. The third-order valence-electron chi connectivity index (χ3n) is 7.12. The first-order valence-electron chi connectivity index (χ1n) is 10.0. The van der Waals surface area contributed by atoms with Crippen LogP contribution in [0.2, 0.25) is 0 Å². The van der Waals surface area contributed by atoms with Gasteiger partial charge >= 0.3 is 11.2 Å². The Kier molecular flexibility index (Phi) is 5.65. The Balaban J connectivity index is 1.43. The lowest BCUT2D eigenvalue weighted by molar-refractivity contribution is -0.433. The lowest BCUT2D eigenvalue weighted by Gasteiger charge is -2.62. The van der Waals surface area contributed by atoms with Crippen LogP contribution in [0.3, 0.4) is 0 Å². The number of carbonyl (C=O) groups excluding carboxylic acids is 1. The van der Waals surface area contributed by atoms with Gasteiger partial charge in [0.15, 0.2) is 0 Å². The van der Waals surface area contributed by atoms with Gasteiger partial charge in [-0.05, 0) is 80.1 Å². The molecule has 0 amide bonds. The Morgan fingerprint density at radius 2 is 1.86 bits per heavy atom. The number of carbonyl (C=O) groups is 1. The van der Waals surface area contributed by atoms with Gasteiger partial charge in [-0.3, -0.25) is 0 Å². The summed E-state index contributed by atoms with van der Waals surface area (Å²) in [4.78, 5) is 11.7. The van der Waals surface area contributed by atoms with Crippen molar-refractivity contribution in [1.29, 1.82) is 0 Å². The van der Waals surface area contributed by atoms with Crippen molar-refractivity contribution in [2.45, 2.75) is 62.5 Å². The van der Waals surface area contributed by atoms with Crippen LogP contribution >= 0.6 is 12.0 Å². The summed E-state index contributed by atoms with van der Waals surface area (Å²) in [6.07, 6.45) is 7.44. The van der Waals surface area contributed by atoms with Crippen molar-refractivity contribution < 1.29 is 32.9 Å². The van der Waals surface area contributed by atoms with E-state index in [0.717, 1.165) is 19.3 Å². The molecule has 0 heterocycles. The van der Waals surface area contributed by atoms with Gasteiger partial charge in [0.1, 0.15) is 12.0 Å². The minimum Gasteiger partial charge on any atom is -0.460 e. The highest BCUT2D eigenvalue weighted by molar-refractivity contribution is 7.96. The van der Waals surface area contributed by atoms with Crippen LogP contribution in [-0.4, -0.2) is 23.1 Å². The zero-order valence-corrected chi connectivity index (χ0v) is 17.2. The number of rotatable bonds is 8. The number of alkyl halides is 2. The van der Waals surface area contributed by atoms with Crippen molar-refractivity contribution in [1.82, 2.24) is 0 Å². The fraction of sp³-hybridized carbons (Fsp3) is 0.667. The number of aryl methyl sites for hydroxylation is 1. The number of hydrogen-bond acceptors (Lipinski definition) is 6. The Labute approximate surface area is 173 Å². The second-order valence-corrected chi connectivity index (χ2v) is 10.1. The summed E-state index contributed by atoms with van der Waals surface area (Å²) in [5.41, 5.74) is 2.84. The molecule has 0 saturated heterocycles. The Morgan fingerprint density at radius 3 is 2.48 bits per heavy atom. The van der Waals surface area contributed by atoms with E-state index in [1.54, 1.807) is 0 Å². The molecule has 5 nitrogen and oxygen atoms in total. The van der Waals surface area contributed by atoms with Gasteiger partial charge in [0, 0.05) is 0 Å². The Morgan fingerprint density at radius 1 is 1.21 bits per heavy atom. The van der Waals surface area contributed by atoms with Crippen molar-refractivity contribution >= 4 is 18.0 Å². The maximum Gasteiger partial charge on any atom is 0.415 e. The molecule has 0 radical (unpaired) electrons. The number of benzene rings is 1. The number of halogens is 2. The largest absolute Gasteiger partial charge is 0.460 e. The molecule has 8 heteroatoms. The fourth-order valence-corrected chi connectivity index (χ4v) is 6.77. The molecule has 0 aromatic heterocycles. The molecule has 1 aromatic carbocycles. The summed E-state index contributed by atoms with van der Waals surface area (Å²) in [7, 11) is 0. The summed E-state index contributed by atoms with van der Waals surface area (Å²) in [5, 5.41) is 7.18. The highest BCUT2D eigenvalue weighted by Gasteiger charge is 2.58. The zero-order chi connectivity index (χ0) is 20.7. The fourth-order valence-electron chi connectivity index (χ4n) is 6.53. The van der Waals surface area contributed by atoms with Gasteiger partial charge in [0.25, 0.3) is 0 Å². The van der Waals surface area contributed by atoms with Crippen LogP contribution in [0.15, 0.2) is 24.3 Å². The lowest BCUT2D eigenvalue weighted by Crippen LogP contribution is -2.54. The maximum absolute atomic E-state index is 13.6. The van der Waals surface area contributed by atoms with Gasteiger partial charge < -0.3 is 4.74 Å². The molecule has 4 saturated carbocycles. The molecule has 2 atom stereocenters. The van der Waals surface area contributed by atoms with E-state index in [2.05, 4.69) is 40.6 Å². The molecule has 4 fully saturated rings. The molecule has 2 unspecified atom stereocenters. The molecule has 4 bridgehead atoms. The minimum absolute atomic E-state index is 0.0433. The first-order valence-corrected chi connectivity index (χ1v) is 10.8. The van der Waals surface area contributed by atoms with Crippen LogP contribution in [0.5, 0.6) is 0 Å². The second-order valence-electron chi connectivity index (χ2n) is 9.24. The summed E-state index contributed by atoms with van der Waals surface area (Å²) >= 11 is -0.586. The molecule has 1 aromatic rings. The van der Waals surface area contributed by atoms with Crippen LogP contribution < -0.4 is 0 Å². The van der Waals surface area contributed by atoms with Crippen molar-refractivity contribution in [3.63, 3.8) is 0 Å². The molecular formula is C21H26F2O5S. The van der Waals surface area contributed by atoms with E-state index in [1.165, 1.54) is 30.4 Å². The van der Waals surface area contributed by atoms with Crippen LogP contribution in [0.25, 0.3) is 0 Å². The highest BCUT2D eigenvalue weighted by Crippen LogP contribution is 2.66. The summed E-state index contributed by atoms with van der Waals surface area (Å²) in [5.74, 6) is -0.377. The Hall–Kier alpha value is -1.22. The van der Waals surface area contributed by atoms with Crippen LogP contribution in [0.4, 0.5) is 8.78 Å². The number of ether oxygens (including phenoxy) is 1. The van der Waals surface area contributed by atoms with E-state index >= 15 is 0 Å². The lowest BCUT2D eigenvalue weighted by atomic mass is 9.42. The van der Waals surface area contributed by atoms with Gasteiger partial charge in [0.2, 0.25) is 0 Å². The average Bonchev–Trinajstić information content (AvgIpc) is 2.65. The van der Waals surface area contributed by atoms with E-state index in [9.17, 15) is 13.6 Å². The van der Waals surface area contributed by atoms with E-state index in [1.807, 2.05) is 0 Å². The standard InChI is InChI=1S/C21H26F2O5S/c1-14-2-4-17(5-3-14)20-11-15-8-16(12-20)10-19(9-15,13-20)6-7-26-18(24)21(22,23)29-28-27-25/h2-5,15-16,25H,6-13H2,1H3. The molecule has 4 aliphatic rings. The molecule has 0 aliphatic heterocycles. The minimum atomic E-state index is -3.94. The monoisotopic (exact) mass is 428 g/mol. The smallest absolute Gasteiger partial charge is 0.415 e. The van der Waals surface area contributed by atoms with Gasteiger partial charge in [-0.15, -0.1) is 4.33 Å². The molecule has 0 spiro atoms. The zero-order valence-electron chi connectivity index (χ0n) is 16.4. The molecule has 29 heavy (non-hydrogen) atoms. The van der Waals surface area contributed by atoms with Crippen molar-refractivity contribution in [2.75, 3.05) is 6.61 Å². The van der Waals surface area contributed by atoms with Gasteiger partial charge in [-0.25, -0.2) is 10.1 Å². The SMILES string of the molecule is Cc1ccc(C23CC4CC(CC(CCOC(=O)C(F)(F)SOOO)(C4)C2)C3)cc1. The Bertz CT molecular complexity index is 740. The normalized spacial score (nSPS) is 33.1. The van der Waals surface area contributed by atoms with E-state index in [0.29, 0.717) is 18.3 Å². The van der Waals surface area contributed by atoms with Crippen molar-refractivity contribution in [3.05, 3.63) is 35.4 Å².